The van der Waals surface area contributed by atoms with Crippen LogP contribution in [0.3, 0.4) is 0 Å². The number of amides is 1. The van der Waals surface area contributed by atoms with E-state index in [0.29, 0.717) is 6.61 Å². The first-order chi connectivity index (χ1) is 9.55. The molecule has 1 N–H and O–H groups in total. The van der Waals surface area contributed by atoms with E-state index in [1.807, 2.05) is 20.8 Å². The highest BCUT2D eigenvalue weighted by Gasteiger charge is 2.56. The molecule has 0 aromatic carbocycles. The number of hydrogen-bond acceptors (Lipinski definition) is 5. The summed E-state index contributed by atoms with van der Waals surface area (Å²) in [6.07, 6.45) is 0. The number of β-lactam (4-membered cyclic amide) rings is 1. The third kappa shape index (κ3) is 3.95. The number of esters is 1. The van der Waals surface area contributed by atoms with Gasteiger partial charge in [-0.25, -0.2) is 0 Å². The first-order valence-corrected chi connectivity index (χ1v) is 7.13. The zero-order valence-electron chi connectivity index (χ0n) is 14.0. The van der Waals surface area contributed by atoms with E-state index in [4.69, 9.17) is 14.2 Å². The van der Waals surface area contributed by atoms with Crippen molar-refractivity contribution in [2.75, 3.05) is 20.8 Å². The van der Waals surface area contributed by atoms with Gasteiger partial charge >= 0.3 is 5.97 Å². The molecule has 0 spiro atoms. The quantitative estimate of drug-likeness (QED) is 0.455. The number of carbonyl (C=O) groups is 2. The molecular weight excluding hydrogens is 274 g/mol. The highest BCUT2D eigenvalue weighted by atomic mass is 16.7. The van der Waals surface area contributed by atoms with Crippen molar-refractivity contribution < 1.29 is 23.8 Å². The van der Waals surface area contributed by atoms with Crippen LogP contribution in [-0.2, 0) is 23.8 Å². The highest BCUT2D eigenvalue weighted by molar-refractivity contribution is 5.89. The zero-order valence-corrected chi connectivity index (χ0v) is 14.0. The number of carbonyl (C=O) groups excluding carboxylic acids is 2. The Kier molecular flexibility index (Phi) is 5.39. The summed E-state index contributed by atoms with van der Waals surface area (Å²) < 4.78 is 16.1. The molecule has 21 heavy (non-hydrogen) atoms. The number of hydrogen-bond donors (Lipinski definition) is 1. The molecule has 6 heteroatoms. The van der Waals surface area contributed by atoms with Crippen LogP contribution in [0.2, 0.25) is 0 Å². The minimum absolute atomic E-state index is 0.0521. The molecule has 6 nitrogen and oxygen atoms in total. The Bertz CT molecular complexity index is 403. The average Bonchev–Trinajstić information content (AvgIpc) is 2.39. The number of rotatable bonds is 6. The van der Waals surface area contributed by atoms with Crippen LogP contribution >= 0.6 is 0 Å². The second kappa shape index (κ2) is 6.32. The molecule has 0 radical (unpaired) electrons. The summed E-state index contributed by atoms with van der Waals surface area (Å²) >= 11 is 0. The fourth-order valence-corrected chi connectivity index (χ4v) is 2.35. The summed E-state index contributed by atoms with van der Waals surface area (Å²) in [4.78, 5) is 23.6. The van der Waals surface area contributed by atoms with Crippen molar-refractivity contribution in [1.29, 1.82) is 0 Å². The van der Waals surface area contributed by atoms with E-state index < -0.39 is 17.6 Å². The Morgan fingerprint density at radius 1 is 1.29 bits per heavy atom. The molecule has 4 atom stereocenters. The van der Waals surface area contributed by atoms with E-state index in [9.17, 15) is 9.59 Å². The monoisotopic (exact) mass is 301 g/mol. The van der Waals surface area contributed by atoms with Gasteiger partial charge in [-0.3, -0.25) is 9.59 Å². The molecule has 1 aliphatic rings. The smallest absolute Gasteiger partial charge is 0.310 e. The van der Waals surface area contributed by atoms with Crippen LogP contribution in [0.15, 0.2) is 0 Å². The van der Waals surface area contributed by atoms with Crippen molar-refractivity contribution in [2.24, 2.45) is 17.3 Å². The minimum Gasteiger partial charge on any atom is -0.469 e. The van der Waals surface area contributed by atoms with E-state index in [2.05, 4.69) is 5.32 Å². The van der Waals surface area contributed by atoms with Gasteiger partial charge in [-0.15, -0.1) is 0 Å². The van der Waals surface area contributed by atoms with Crippen molar-refractivity contribution in [1.82, 2.24) is 5.32 Å². The van der Waals surface area contributed by atoms with Crippen LogP contribution in [0.4, 0.5) is 0 Å². The molecule has 1 aliphatic heterocycles. The number of methoxy groups -OCH3 is 2. The van der Waals surface area contributed by atoms with Gasteiger partial charge < -0.3 is 19.5 Å². The lowest BCUT2D eigenvalue weighted by Gasteiger charge is -2.48. The van der Waals surface area contributed by atoms with Gasteiger partial charge in [0.1, 0.15) is 5.92 Å². The maximum atomic E-state index is 12.0. The molecule has 0 saturated carbocycles. The van der Waals surface area contributed by atoms with E-state index in [0.717, 1.165) is 0 Å². The average molecular weight is 301 g/mol. The minimum atomic E-state index is -1.07. The second-order valence-electron chi connectivity index (χ2n) is 6.89. The maximum Gasteiger partial charge on any atom is 0.310 e. The summed E-state index contributed by atoms with van der Waals surface area (Å²) in [5.74, 6) is -2.60. The molecule has 1 amide bonds. The summed E-state index contributed by atoms with van der Waals surface area (Å²) in [7, 11) is 2.84. The molecule has 122 valence electrons. The lowest BCUT2D eigenvalue weighted by molar-refractivity contribution is -0.264. The number of nitrogens with one attached hydrogen (secondary N) is 1. The summed E-state index contributed by atoms with van der Waals surface area (Å²) in [5, 5.41) is 2.75. The van der Waals surface area contributed by atoms with Crippen LogP contribution in [0.25, 0.3) is 0 Å². The Hall–Kier alpha value is -1.14. The van der Waals surface area contributed by atoms with E-state index in [1.54, 1.807) is 13.8 Å². The van der Waals surface area contributed by atoms with E-state index in [-0.39, 0.29) is 23.3 Å². The Balaban J connectivity index is 2.86. The van der Waals surface area contributed by atoms with Crippen molar-refractivity contribution in [2.45, 2.75) is 46.4 Å². The van der Waals surface area contributed by atoms with E-state index >= 15 is 0 Å². The first kappa shape index (κ1) is 17.9. The first-order valence-electron chi connectivity index (χ1n) is 7.13. The normalized spacial score (nSPS) is 26.3. The molecule has 1 unspecified atom stereocenters. The van der Waals surface area contributed by atoms with Gasteiger partial charge in [-0.1, -0.05) is 20.8 Å². The third-order valence-electron chi connectivity index (χ3n) is 3.82. The Morgan fingerprint density at radius 3 is 2.24 bits per heavy atom. The van der Waals surface area contributed by atoms with Gasteiger partial charge in [-0.2, -0.15) is 0 Å². The number of ether oxygens (including phenoxy) is 3. The molecule has 1 rings (SSSR count). The molecule has 0 aromatic heterocycles. The fourth-order valence-electron chi connectivity index (χ4n) is 2.35. The van der Waals surface area contributed by atoms with Gasteiger partial charge in [-0.05, 0) is 19.3 Å². The van der Waals surface area contributed by atoms with Crippen LogP contribution in [0.5, 0.6) is 0 Å². The topological polar surface area (TPSA) is 73.9 Å². The lowest BCUT2D eigenvalue weighted by Crippen LogP contribution is -2.70. The van der Waals surface area contributed by atoms with Crippen molar-refractivity contribution in [3.05, 3.63) is 0 Å². The Morgan fingerprint density at radius 2 is 1.86 bits per heavy atom. The van der Waals surface area contributed by atoms with Gasteiger partial charge in [0.25, 0.3) is 0 Å². The molecule has 1 fully saturated rings. The van der Waals surface area contributed by atoms with Crippen molar-refractivity contribution in [3.8, 4) is 0 Å². The predicted octanol–water partition coefficient (Wildman–Crippen LogP) is 1.34. The van der Waals surface area contributed by atoms with Gasteiger partial charge in [0.05, 0.1) is 25.7 Å². The van der Waals surface area contributed by atoms with Crippen LogP contribution in [0.1, 0.15) is 34.6 Å². The Labute approximate surface area is 126 Å². The second-order valence-corrected chi connectivity index (χ2v) is 6.89. The van der Waals surface area contributed by atoms with Crippen LogP contribution in [0, 0.1) is 17.3 Å². The lowest BCUT2D eigenvalue weighted by atomic mass is 9.77. The maximum absolute atomic E-state index is 12.0. The van der Waals surface area contributed by atoms with Crippen molar-refractivity contribution >= 4 is 11.9 Å². The van der Waals surface area contributed by atoms with Gasteiger partial charge in [0, 0.05) is 7.11 Å². The highest BCUT2D eigenvalue weighted by Crippen LogP contribution is 2.36. The van der Waals surface area contributed by atoms with Gasteiger partial charge in [0.15, 0.2) is 5.79 Å². The molecule has 0 bridgehead atoms. The zero-order chi connectivity index (χ0) is 16.4. The van der Waals surface area contributed by atoms with Crippen LogP contribution in [-0.4, -0.2) is 44.5 Å². The summed E-state index contributed by atoms with van der Waals surface area (Å²) in [6.45, 7) is 10.0. The summed E-state index contributed by atoms with van der Waals surface area (Å²) in [6, 6.07) is -0.352. The van der Waals surface area contributed by atoms with Gasteiger partial charge in [0.2, 0.25) is 5.91 Å². The summed E-state index contributed by atoms with van der Waals surface area (Å²) in [5.41, 5.74) is -0.0521. The largest absolute Gasteiger partial charge is 0.469 e. The van der Waals surface area contributed by atoms with Crippen molar-refractivity contribution in [3.63, 3.8) is 0 Å². The molecule has 1 heterocycles. The molecule has 1 saturated heterocycles. The molecule has 0 aliphatic carbocycles. The third-order valence-corrected chi connectivity index (χ3v) is 3.82. The van der Waals surface area contributed by atoms with E-state index in [1.165, 1.54) is 14.2 Å². The molecule has 0 aromatic rings. The van der Waals surface area contributed by atoms with Crippen LogP contribution < -0.4 is 5.32 Å². The standard InChI is InChI=1S/C15H27NO5/c1-9(13(18)19-6)11-10(12(17)16-11)15(5,20-7)21-8-14(2,3)4/h9-11H,8H2,1-7H3,(H,16,17)/t9-,10-,11-,15?/m1/s1. The fraction of sp³-hybridized carbons (Fsp3) is 0.867. The predicted molar refractivity (Wildman–Crippen MR) is 77.4 cm³/mol. The SMILES string of the molecule is COC(=O)[C@H](C)[C@H]1NC(=O)[C@@H]1C(C)(OC)OCC(C)(C)C. The molecular formula is C15H27NO5.